The lowest BCUT2D eigenvalue weighted by Gasteiger charge is -2.07. The molecule has 0 fully saturated rings. The number of carbonyl (C=O) groups excluding carboxylic acids is 2. The predicted octanol–water partition coefficient (Wildman–Crippen LogP) is 3.81. The molecule has 1 aromatic heterocycles. The van der Waals surface area contributed by atoms with Gasteiger partial charge in [-0.15, -0.1) is 0 Å². The molecule has 0 bridgehead atoms. The zero-order chi connectivity index (χ0) is 22.0. The van der Waals surface area contributed by atoms with Crippen LogP contribution in [0.4, 0.5) is 0 Å². The fourth-order valence-electron chi connectivity index (χ4n) is 2.90. The summed E-state index contributed by atoms with van der Waals surface area (Å²) in [6, 6.07) is 8.23. The first-order chi connectivity index (χ1) is 14.9. The number of fused-ring (bicyclic) bond motifs is 2. The van der Waals surface area contributed by atoms with Gasteiger partial charge in [0.2, 0.25) is 6.79 Å². The number of nitrogens with zero attached hydrogens (tertiary/aromatic N) is 2. The number of ether oxygens (including phenoxy) is 4. The van der Waals surface area contributed by atoms with Crippen molar-refractivity contribution in [1.82, 2.24) is 4.57 Å². The van der Waals surface area contributed by atoms with Crippen LogP contribution in [0.2, 0.25) is 10.0 Å². The van der Waals surface area contributed by atoms with Crippen LogP contribution in [-0.4, -0.2) is 36.5 Å². The highest BCUT2D eigenvalue weighted by Gasteiger charge is 2.19. The van der Waals surface area contributed by atoms with Gasteiger partial charge in [-0.2, -0.15) is 4.99 Å². The summed E-state index contributed by atoms with van der Waals surface area (Å²) in [6.45, 7) is 1.65. The number of esters is 1. The van der Waals surface area contributed by atoms with Gasteiger partial charge in [0.25, 0.3) is 5.91 Å². The highest BCUT2D eigenvalue weighted by Crippen LogP contribution is 2.37. The molecule has 0 atom stereocenters. The number of thiazole rings is 1. The third kappa shape index (κ3) is 4.79. The normalized spacial score (nSPS) is 12.9. The van der Waals surface area contributed by atoms with E-state index in [4.69, 9.17) is 42.1 Å². The first-order valence-corrected chi connectivity index (χ1v) is 10.8. The lowest BCUT2D eigenvalue weighted by Crippen LogP contribution is -2.24. The fourth-order valence-corrected chi connectivity index (χ4v) is 4.42. The van der Waals surface area contributed by atoms with Crippen LogP contribution < -0.4 is 19.0 Å². The maximum absolute atomic E-state index is 12.5. The van der Waals surface area contributed by atoms with E-state index in [0.717, 1.165) is 4.70 Å². The number of aromatic nitrogens is 1. The highest BCUT2D eigenvalue weighted by molar-refractivity contribution is 7.16. The Morgan fingerprint density at radius 2 is 1.97 bits per heavy atom. The SMILES string of the molecule is CCOC(=O)Cn1c(=NC(=O)COc2ccc(Cl)cc2Cl)sc2cc3c(cc21)OCO3. The number of hydrogen-bond donors (Lipinski definition) is 0. The molecule has 4 rings (SSSR count). The van der Waals surface area contributed by atoms with E-state index >= 15 is 0 Å². The van der Waals surface area contributed by atoms with Crippen molar-refractivity contribution in [1.29, 1.82) is 0 Å². The van der Waals surface area contributed by atoms with Gasteiger partial charge in [-0.25, -0.2) is 0 Å². The minimum absolute atomic E-state index is 0.108. The van der Waals surface area contributed by atoms with E-state index in [1.165, 1.54) is 17.4 Å². The monoisotopic (exact) mass is 482 g/mol. The number of benzene rings is 2. The molecule has 162 valence electrons. The standard InChI is InChI=1S/C20H16Cl2N2O6S/c1-2-27-19(26)8-24-13-6-15-16(30-10-29-15)7-17(13)31-20(24)23-18(25)9-28-14-4-3-11(21)5-12(14)22/h3-7H,2,8-10H2,1H3. The Balaban J connectivity index is 1.65. The van der Waals surface area contributed by atoms with Crippen LogP contribution in [0.25, 0.3) is 10.2 Å². The number of hydrogen-bond acceptors (Lipinski definition) is 7. The first-order valence-electron chi connectivity index (χ1n) is 9.18. The van der Waals surface area contributed by atoms with Crippen LogP contribution in [0.1, 0.15) is 6.92 Å². The van der Waals surface area contributed by atoms with E-state index in [9.17, 15) is 9.59 Å². The predicted molar refractivity (Wildman–Crippen MR) is 115 cm³/mol. The second-order valence-electron chi connectivity index (χ2n) is 6.32. The zero-order valence-corrected chi connectivity index (χ0v) is 18.6. The molecule has 2 aromatic carbocycles. The van der Waals surface area contributed by atoms with Crippen molar-refractivity contribution >= 4 is 56.6 Å². The van der Waals surface area contributed by atoms with E-state index in [2.05, 4.69) is 4.99 Å². The molecule has 0 spiro atoms. The van der Waals surface area contributed by atoms with Crippen molar-refractivity contribution < 1.29 is 28.5 Å². The van der Waals surface area contributed by atoms with E-state index in [1.54, 1.807) is 35.8 Å². The Hall–Kier alpha value is -2.75. The molecule has 2 heterocycles. The lowest BCUT2D eigenvalue weighted by atomic mass is 10.3. The van der Waals surface area contributed by atoms with Gasteiger partial charge in [-0.1, -0.05) is 34.5 Å². The summed E-state index contributed by atoms with van der Waals surface area (Å²) in [5.41, 5.74) is 0.676. The van der Waals surface area contributed by atoms with Crippen LogP contribution in [0, 0.1) is 0 Å². The largest absolute Gasteiger partial charge is 0.482 e. The van der Waals surface area contributed by atoms with Gasteiger partial charge in [0.15, 0.2) is 22.9 Å². The van der Waals surface area contributed by atoms with E-state index < -0.39 is 11.9 Å². The molecule has 0 radical (unpaired) electrons. The Labute approximate surface area is 190 Å². The second kappa shape index (κ2) is 9.17. The maximum atomic E-state index is 12.5. The smallest absolute Gasteiger partial charge is 0.326 e. The summed E-state index contributed by atoms with van der Waals surface area (Å²) < 4.78 is 23.7. The summed E-state index contributed by atoms with van der Waals surface area (Å²) in [5, 5.41) is 0.743. The third-order valence-electron chi connectivity index (χ3n) is 4.24. The molecule has 1 amide bonds. The quantitative estimate of drug-likeness (QED) is 0.496. The van der Waals surface area contributed by atoms with Gasteiger partial charge in [0, 0.05) is 17.2 Å². The van der Waals surface area contributed by atoms with Gasteiger partial charge >= 0.3 is 5.97 Å². The van der Waals surface area contributed by atoms with Crippen molar-refractivity contribution in [2.75, 3.05) is 20.0 Å². The maximum Gasteiger partial charge on any atom is 0.326 e. The molecule has 1 aliphatic heterocycles. The van der Waals surface area contributed by atoms with Crippen molar-refractivity contribution in [2.24, 2.45) is 4.99 Å². The summed E-state index contributed by atoms with van der Waals surface area (Å²) in [7, 11) is 0. The molecule has 1 aliphatic rings. The number of halogens is 2. The Morgan fingerprint density at radius 3 is 2.71 bits per heavy atom. The van der Waals surface area contributed by atoms with Crippen molar-refractivity contribution in [3.05, 3.63) is 45.2 Å². The molecule has 11 heteroatoms. The van der Waals surface area contributed by atoms with Crippen molar-refractivity contribution in [3.8, 4) is 17.2 Å². The lowest BCUT2D eigenvalue weighted by molar-refractivity contribution is -0.143. The molecule has 0 saturated heterocycles. The van der Waals surface area contributed by atoms with Gasteiger partial charge in [-0.3, -0.25) is 9.59 Å². The summed E-state index contributed by atoms with van der Waals surface area (Å²) >= 11 is 13.2. The Bertz CT molecular complexity index is 1240. The van der Waals surface area contributed by atoms with Crippen LogP contribution >= 0.6 is 34.5 Å². The van der Waals surface area contributed by atoms with Gasteiger partial charge in [0.05, 0.1) is 21.8 Å². The molecule has 0 unspecified atom stereocenters. The third-order valence-corrected chi connectivity index (χ3v) is 5.81. The number of amides is 1. The molecule has 31 heavy (non-hydrogen) atoms. The summed E-state index contributed by atoms with van der Waals surface area (Å²) in [4.78, 5) is 29.1. The Morgan fingerprint density at radius 1 is 1.19 bits per heavy atom. The number of rotatable bonds is 6. The topological polar surface area (TPSA) is 88.4 Å². The molecule has 0 aliphatic carbocycles. The second-order valence-corrected chi connectivity index (χ2v) is 8.17. The van der Waals surface area contributed by atoms with E-state index in [1.807, 2.05) is 0 Å². The minimum Gasteiger partial charge on any atom is -0.482 e. The Kier molecular flexibility index (Phi) is 6.35. The molecule has 8 nitrogen and oxygen atoms in total. The summed E-state index contributed by atoms with van der Waals surface area (Å²) in [5.74, 6) is 0.474. The molecule has 3 aromatic rings. The first kappa shape index (κ1) is 21.5. The average Bonchev–Trinajstić information content (AvgIpc) is 3.30. The van der Waals surface area contributed by atoms with Gasteiger partial charge in [0.1, 0.15) is 12.3 Å². The highest BCUT2D eigenvalue weighted by atomic mass is 35.5. The van der Waals surface area contributed by atoms with Gasteiger partial charge < -0.3 is 23.5 Å². The van der Waals surface area contributed by atoms with E-state index in [0.29, 0.717) is 32.6 Å². The van der Waals surface area contributed by atoms with E-state index in [-0.39, 0.29) is 31.6 Å². The molecule has 0 saturated carbocycles. The van der Waals surface area contributed by atoms with Crippen LogP contribution in [0.5, 0.6) is 17.2 Å². The molecule has 0 N–H and O–H groups in total. The molecular weight excluding hydrogens is 467 g/mol. The van der Waals surface area contributed by atoms with Crippen molar-refractivity contribution in [3.63, 3.8) is 0 Å². The minimum atomic E-state index is -0.546. The fraction of sp³-hybridized carbons (Fsp3) is 0.250. The van der Waals surface area contributed by atoms with Crippen LogP contribution in [0.15, 0.2) is 35.3 Å². The van der Waals surface area contributed by atoms with Crippen molar-refractivity contribution in [2.45, 2.75) is 13.5 Å². The van der Waals surface area contributed by atoms with Gasteiger partial charge in [-0.05, 0) is 25.1 Å². The van der Waals surface area contributed by atoms with Crippen LogP contribution in [0.3, 0.4) is 0 Å². The average molecular weight is 483 g/mol. The zero-order valence-electron chi connectivity index (χ0n) is 16.2. The van der Waals surface area contributed by atoms with Crippen LogP contribution in [-0.2, 0) is 20.9 Å². The molecular formula is C20H16Cl2N2O6S. The summed E-state index contributed by atoms with van der Waals surface area (Å²) in [6.07, 6.45) is 0. The number of carbonyl (C=O) groups is 2.